The number of nitriles is 1. The van der Waals surface area contributed by atoms with E-state index in [9.17, 15) is 10.1 Å². The van der Waals surface area contributed by atoms with Crippen LogP contribution in [0.4, 0.5) is 4.79 Å². The van der Waals surface area contributed by atoms with Crippen molar-refractivity contribution < 1.29 is 14.3 Å². The fourth-order valence-electron chi connectivity index (χ4n) is 4.94. The van der Waals surface area contributed by atoms with Crippen LogP contribution in [0.3, 0.4) is 0 Å². The van der Waals surface area contributed by atoms with Gasteiger partial charge in [-0.3, -0.25) is 0 Å². The van der Waals surface area contributed by atoms with Gasteiger partial charge in [0.05, 0.1) is 17.9 Å². The summed E-state index contributed by atoms with van der Waals surface area (Å²) in [6, 6.07) is 14.2. The quantitative estimate of drug-likeness (QED) is 0.338. The first-order chi connectivity index (χ1) is 18.6. The molecule has 0 spiro atoms. The third kappa shape index (κ3) is 5.43. The number of piperidine rings is 1. The minimum absolute atomic E-state index is 0.123. The van der Waals surface area contributed by atoms with Crippen molar-refractivity contribution in [1.29, 1.82) is 5.26 Å². The van der Waals surface area contributed by atoms with Crippen molar-refractivity contribution in [2.45, 2.75) is 65.2 Å². The van der Waals surface area contributed by atoms with Gasteiger partial charge in [-0.25, -0.2) is 14.0 Å². The first-order valence-electron chi connectivity index (χ1n) is 13.2. The number of aromatic nitrogens is 5. The lowest BCUT2D eigenvalue weighted by Crippen LogP contribution is -2.42. The number of fused-ring (bicyclic) bond motifs is 1. The fraction of sp³-hybridized carbons (Fsp3) is 0.414. The van der Waals surface area contributed by atoms with E-state index in [2.05, 4.69) is 21.5 Å². The predicted octanol–water partition coefficient (Wildman–Crippen LogP) is 5.48. The number of amides is 1. The van der Waals surface area contributed by atoms with Crippen molar-refractivity contribution in [3.05, 3.63) is 65.6 Å². The summed E-state index contributed by atoms with van der Waals surface area (Å²) in [4.78, 5) is 14.2. The third-order valence-electron chi connectivity index (χ3n) is 6.93. The predicted molar refractivity (Wildman–Crippen MR) is 145 cm³/mol. The van der Waals surface area contributed by atoms with E-state index in [1.807, 2.05) is 81.9 Å². The highest BCUT2D eigenvalue weighted by molar-refractivity contribution is 5.75. The number of nitrogens with zero attached hydrogens (tertiary/aromatic N) is 7. The molecule has 0 N–H and O–H groups in total. The zero-order chi connectivity index (χ0) is 27.7. The lowest BCUT2D eigenvalue weighted by Gasteiger charge is -2.33. The second-order valence-corrected chi connectivity index (χ2v) is 10.9. The Kier molecular flexibility index (Phi) is 7.00. The molecule has 5 rings (SSSR count). The highest BCUT2D eigenvalue weighted by atomic mass is 16.6. The number of benzene rings is 1. The van der Waals surface area contributed by atoms with E-state index < -0.39 is 5.60 Å². The second-order valence-electron chi connectivity index (χ2n) is 10.9. The molecule has 1 aromatic carbocycles. The standard InChI is InChI=1S/C29H33N7O3/c1-19-26(32-33-36(19)24-11-13-34(14-12-24)28(37)39-29(3,4)5)22-15-25(27-23(16-30)17-31-35(27)18-22)38-20(2)21-9-7-6-8-10-21/h6-10,15,17-18,20,24H,11-14H2,1-5H3/t20-/m1/s1. The molecular formula is C29H33N7O3. The lowest BCUT2D eigenvalue weighted by molar-refractivity contribution is 0.0184. The number of ether oxygens (including phenoxy) is 2. The molecule has 202 valence electrons. The van der Waals surface area contributed by atoms with Crippen LogP contribution >= 0.6 is 0 Å². The minimum atomic E-state index is -0.517. The van der Waals surface area contributed by atoms with Crippen LogP contribution in [-0.2, 0) is 4.74 Å². The van der Waals surface area contributed by atoms with E-state index in [4.69, 9.17) is 9.47 Å². The van der Waals surface area contributed by atoms with Crippen LogP contribution in [0.25, 0.3) is 16.8 Å². The van der Waals surface area contributed by atoms with Gasteiger partial charge in [0.25, 0.3) is 0 Å². The van der Waals surface area contributed by atoms with E-state index in [-0.39, 0.29) is 18.2 Å². The summed E-state index contributed by atoms with van der Waals surface area (Å²) in [5, 5.41) is 23.1. The average molecular weight is 528 g/mol. The molecule has 1 aliphatic heterocycles. The Labute approximate surface area is 227 Å². The zero-order valence-corrected chi connectivity index (χ0v) is 23.0. The molecule has 1 aliphatic rings. The Hall–Kier alpha value is -4.39. The maximum absolute atomic E-state index is 12.5. The van der Waals surface area contributed by atoms with E-state index in [1.54, 1.807) is 15.6 Å². The number of likely N-dealkylation sites (tertiary alicyclic amines) is 1. The molecule has 0 bridgehead atoms. The van der Waals surface area contributed by atoms with Gasteiger partial charge in [0.2, 0.25) is 0 Å². The number of carbonyl (C=O) groups excluding carboxylic acids is 1. The van der Waals surface area contributed by atoms with Crippen LogP contribution in [0.15, 0.2) is 48.8 Å². The highest BCUT2D eigenvalue weighted by Crippen LogP contribution is 2.34. The van der Waals surface area contributed by atoms with Gasteiger partial charge in [-0.2, -0.15) is 10.4 Å². The maximum atomic E-state index is 12.5. The van der Waals surface area contributed by atoms with Crippen LogP contribution in [0, 0.1) is 18.3 Å². The number of pyridine rings is 1. The van der Waals surface area contributed by atoms with Gasteiger partial charge in [-0.1, -0.05) is 35.5 Å². The van der Waals surface area contributed by atoms with Gasteiger partial charge in [-0.15, -0.1) is 5.10 Å². The minimum Gasteiger partial charge on any atom is -0.484 e. The molecule has 1 amide bonds. The highest BCUT2D eigenvalue weighted by Gasteiger charge is 2.29. The Bertz CT molecular complexity index is 1520. The summed E-state index contributed by atoms with van der Waals surface area (Å²) in [5.74, 6) is 0.553. The van der Waals surface area contributed by atoms with Gasteiger partial charge >= 0.3 is 6.09 Å². The largest absolute Gasteiger partial charge is 0.484 e. The molecule has 0 aliphatic carbocycles. The summed E-state index contributed by atoms with van der Waals surface area (Å²) in [5.41, 5.74) is 3.99. The normalized spacial score (nSPS) is 15.2. The van der Waals surface area contributed by atoms with Crippen molar-refractivity contribution in [3.8, 4) is 23.1 Å². The Morgan fingerprint density at radius 3 is 2.56 bits per heavy atom. The topological polar surface area (TPSA) is 111 Å². The van der Waals surface area contributed by atoms with Gasteiger partial charge in [0, 0.05) is 24.8 Å². The molecule has 1 fully saturated rings. The third-order valence-corrected chi connectivity index (χ3v) is 6.93. The first kappa shape index (κ1) is 26.2. The van der Waals surface area contributed by atoms with Gasteiger partial charge in [-0.05, 0) is 59.1 Å². The van der Waals surface area contributed by atoms with Crippen LogP contribution in [-0.4, -0.2) is 54.3 Å². The van der Waals surface area contributed by atoms with Crippen LogP contribution in [0.2, 0.25) is 0 Å². The van der Waals surface area contributed by atoms with Crippen molar-refractivity contribution >= 4 is 11.6 Å². The maximum Gasteiger partial charge on any atom is 0.410 e. The number of rotatable bonds is 5. The monoisotopic (exact) mass is 527 g/mol. The summed E-state index contributed by atoms with van der Waals surface area (Å²) in [7, 11) is 0. The summed E-state index contributed by atoms with van der Waals surface area (Å²) in [6.07, 6.45) is 4.40. The molecule has 0 unspecified atom stereocenters. The van der Waals surface area contributed by atoms with Crippen molar-refractivity contribution in [1.82, 2.24) is 29.5 Å². The Morgan fingerprint density at radius 1 is 1.18 bits per heavy atom. The van der Waals surface area contributed by atoms with Gasteiger partial charge in [0.15, 0.2) is 0 Å². The molecule has 0 saturated carbocycles. The molecule has 10 nitrogen and oxygen atoms in total. The van der Waals surface area contributed by atoms with Crippen molar-refractivity contribution in [2.75, 3.05) is 13.1 Å². The van der Waals surface area contributed by atoms with Gasteiger partial charge < -0.3 is 14.4 Å². The molecule has 39 heavy (non-hydrogen) atoms. The summed E-state index contributed by atoms with van der Waals surface area (Å²) in [6.45, 7) is 10.8. The fourth-order valence-corrected chi connectivity index (χ4v) is 4.94. The van der Waals surface area contributed by atoms with E-state index >= 15 is 0 Å². The molecular weight excluding hydrogens is 494 g/mol. The number of hydrogen-bond donors (Lipinski definition) is 0. The van der Waals surface area contributed by atoms with Crippen LogP contribution < -0.4 is 4.74 Å². The first-order valence-corrected chi connectivity index (χ1v) is 13.2. The second kappa shape index (κ2) is 10.4. The SMILES string of the molecule is Cc1c(-c2cc(O[C@H](C)c3ccccc3)c3c(C#N)cnn3c2)nnn1C1CCN(C(=O)OC(C)(C)C)CC1. The molecule has 1 saturated heterocycles. The molecule has 1 atom stereocenters. The molecule has 0 radical (unpaired) electrons. The zero-order valence-electron chi connectivity index (χ0n) is 23.0. The van der Waals surface area contributed by atoms with E-state index in [0.29, 0.717) is 29.9 Å². The molecule has 4 aromatic rings. The Morgan fingerprint density at radius 2 is 1.90 bits per heavy atom. The molecule has 10 heteroatoms. The smallest absolute Gasteiger partial charge is 0.410 e. The average Bonchev–Trinajstić information content (AvgIpc) is 3.51. The number of carbonyl (C=O) groups is 1. The van der Waals surface area contributed by atoms with Crippen LogP contribution in [0.1, 0.15) is 69.5 Å². The Balaban J connectivity index is 1.41. The summed E-state index contributed by atoms with van der Waals surface area (Å²) >= 11 is 0. The van der Waals surface area contributed by atoms with Crippen LogP contribution in [0.5, 0.6) is 5.75 Å². The van der Waals surface area contributed by atoms with Gasteiger partial charge in [0.1, 0.15) is 40.3 Å². The lowest BCUT2D eigenvalue weighted by atomic mass is 10.0. The van der Waals surface area contributed by atoms with Crippen molar-refractivity contribution in [2.24, 2.45) is 0 Å². The number of hydrogen-bond acceptors (Lipinski definition) is 7. The van der Waals surface area contributed by atoms with E-state index in [1.165, 1.54) is 0 Å². The van der Waals surface area contributed by atoms with Crippen molar-refractivity contribution in [3.63, 3.8) is 0 Å². The molecule has 3 aromatic heterocycles. The summed E-state index contributed by atoms with van der Waals surface area (Å²) < 4.78 is 15.5. The molecule has 4 heterocycles. The van der Waals surface area contributed by atoms with E-state index in [0.717, 1.165) is 35.4 Å².